The fraction of sp³-hybridized carbons (Fsp3) is 0.350. The summed E-state index contributed by atoms with van der Waals surface area (Å²) >= 11 is 0. The highest BCUT2D eigenvalue weighted by Gasteiger charge is 1.98. The van der Waals surface area contributed by atoms with E-state index in [0.717, 1.165) is 25.5 Å². The molecule has 0 atom stereocenters. The highest BCUT2D eigenvalue weighted by Crippen LogP contribution is 2.03. The third kappa shape index (κ3) is 8.88. The minimum atomic E-state index is 0. The number of guanidine groups is 1. The van der Waals surface area contributed by atoms with Gasteiger partial charge in [-0.25, -0.2) is 0 Å². The molecule has 0 saturated heterocycles. The number of benzene rings is 2. The lowest BCUT2D eigenvalue weighted by Crippen LogP contribution is -2.39. The van der Waals surface area contributed by atoms with Gasteiger partial charge in [-0.15, -0.1) is 24.0 Å². The van der Waals surface area contributed by atoms with Crippen LogP contribution in [-0.4, -0.2) is 32.7 Å². The Kier molecular flexibility index (Phi) is 10.9. The largest absolute Gasteiger partial charge is 0.375 e. The van der Waals surface area contributed by atoms with Gasteiger partial charge in [-0.3, -0.25) is 4.99 Å². The SMILES string of the molecule is CN=C(NCCOCc1ccccc1)NCCc1ccc(C)cc1.I. The number of aliphatic imine (C=N–C) groups is 1. The van der Waals surface area contributed by atoms with Gasteiger partial charge in [-0.2, -0.15) is 0 Å². The van der Waals surface area contributed by atoms with Crippen LogP contribution in [-0.2, 0) is 17.8 Å². The van der Waals surface area contributed by atoms with Crippen LogP contribution in [0.5, 0.6) is 0 Å². The molecule has 2 aromatic rings. The number of hydrogen-bond acceptors (Lipinski definition) is 2. The highest BCUT2D eigenvalue weighted by molar-refractivity contribution is 14.0. The van der Waals surface area contributed by atoms with Gasteiger partial charge in [0.05, 0.1) is 13.2 Å². The fourth-order valence-electron chi connectivity index (χ4n) is 2.31. The molecule has 2 aromatic carbocycles. The van der Waals surface area contributed by atoms with Crippen LogP contribution >= 0.6 is 24.0 Å². The molecule has 2 rings (SSSR count). The molecule has 0 saturated carbocycles. The number of nitrogens with one attached hydrogen (secondary N) is 2. The molecule has 0 aliphatic heterocycles. The molecule has 0 aliphatic carbocycles. The Morgan fingerprint density at radius 3 is 2.28 bits per heavy atom. The van der Waals surface area contributed by atoms with E-state index in [2.05, 4.69) is 58.9 Å². The maximum absolute atomic E-state index is 5.65. The molecule has 0 heterocycles. The Labute approximate surface area is 168 Å². The normalized spacial score (nSPS) is 10.9. The van der Waals surface area contributed by atoms with E-state index in [-0.39, 0.29) is 24.0 Å². The van der Waals surface area contributed by atoms with Crippen LogP contribution < -0.4 is 10.6 Å². The van der Waals surface area contributed by atoms with Crippen molar-refractivity contribution in [2.75, 3.05) is 26.7 Å². The molecule has 136 valence electrons. The number of ether oxygens (including phenoxy) is 1. The summed E-state index contributed by atoms with van der Waals surface area (Å²) < 4.78 is 5.65. The van der Waals surface area contributed by atoms with E-state index in [9.17, 15) is 0 Å². The zero-order valence-electron chi connectivity index (χ0n) is 15.0. The first-order valence-electron chi connectivity index (χ1n) is 8.39. The van der Waals surface area contributed by atoms with Crippen molar-refractivity contribution in [1.82, 2.24) is 10.6 Å². The smallest absolute Gasteiger partial charge is 0.191 e. The van der Waals surface area contributed by atoms with E-state index < -0.39 is 0 Å². The van der Waals surface area contributed by atoms with E-state index in [1.54, 1.807) is 7.05 Å². The van der Waals surface area contributed by atoms with Gasteiger partial charge in [0.15, 0.2) is 5.96 Å². The topological polar surface area (TPSA) is 45.7 Å². The lowest BCUT2D eigenvalue weighted by atomic mass is 10.1. The van der Waals surface area contributed by atoms with Crippen molar-refractivity contribution in [2.45, 2.75) is 20.0 Å². The number of hydrogen-bond donors (Lipinski definition) is 2. The minimum absolute atomic E-state index is 0. The highest BCUT2D eigenvalue weighted by atomic mass is 127. The average molecular weight is 453 g/mol. The van der Waals surface area contributed by atoms with Gasteiger partial charge >= 0.3 is 0 Å². The summed E-state index contributed by atoms with van der Waals surface area (Å²) in [7, 11) is 1.78. The number of nitrogens with zero attached hydrogens (tertiary/aromatic N) is 1. The predicted octanol–water partition coefficient (Wildman–Crippen LogP) is 3.54. The first-order valence-corrected chi connectivity index (χ1v) is 8.39. The quantitative estimate of drug-likeness (QED) is 0.278. The summed E-state index contributed by atoms with van der Waals surface area (Å²) in [5.74, 6) is 0.811. The van der Waals surface area contributed by atoms with Crippen molar-refractivity contribution in [3.63, 3.8) is 0 Å². The Balaban J connectivity index is 0.00000312. The van der Waals surface area contributed by atoms with Crippen molar-refractivity contribution in [1.29, 1.82) is 0 Å². The maximum atomic E-state index is 5.65. The third-order valence-electron chi connectivity index (χ3n) is 3.70. The second-order valence-electron chi connectivity index (χ2n) is 5.70. The van der Waals surface area contributed by atoms with Gasteiger partial charge in [0.25, 0.3) is 0 Å². The molecule has 0 aliphatic rings. The Morgan fingerprint density at radius 2 is 1.60 bits per heavy atom. The maximum Gasteiger partial charge on any atom is 0.191 e. The van der Waals surface area contributed by atoms with E-state index in [0.29, 0.717) is 13.2 Å². The van der Waals surface area contributed by atoms with Gasteiger partial charge < -0.3 is 15.4 Å². The van der Waals surface area contributed by atoms with E-state index in [4.69, 9.17) is 4.74 Å². The van der Waals surface area contributed by atoms with Crippen LogP contribution in [0.4, 0.5) is 0 Å². The Bertz CT molecular complexity index is 615. The van der Waals surface area contributed by atoms with Gasteiger partial charge in [-0.05, 0) is 24.5 Å². The molecular weight excluding hydrogens is 425 g/mol. The predicted molar refractivity (Wildman–Crippen MR) is 116 cm³/mol. The van der Waals surface area contributed by atoms with Gasteiger partial charge in [0, 0.05) is 20.1 Å². The van der Waals surface area contributed by atoms with Crippen LogP contribution in [0, 0.1) is 6.92 Å². The number of rotatable bonds is 8. The monoisotopic (exact) mass is 453 g/mol. The standard InChI is InChI=1S/C20H27N3O.HI/c1-17-8-10-18(11-9-17)12-13-22-20(21-2)23-14-15-24-16-19-6-4-3-5-7-19;/h3-11H,12-16H2,1-2H3,(H2,21,22,23);1H. The summed E-state index contributed by atoms with van der Waals surface area (Å²) in [6.07, 6.45) is 0.978. The first-order chi connectivity index (χ1) is 11.8. The summed E-state index contributed by atoms with van der Waals surface area (Å²) in [5.41, 5.74) is 3.81. The van der Waals surface area contributed by atoms with Crippen LogP contribution in [0.3, 0.4) is 0 Å². The van der Waals surface area contributed by atoms with Crippen molar-refractivity contribution < 1.29 is 4.74 Å². The van der Waals surface area contributed by atoms with Gasteiger partial charge in [-0.1, -0.05) is 60.2 Å². The van der Waals surface area contributed by atoms with Crippen LogP contribution in [0.25, 0.3) is 0 Å². The molecule has 2 N–H and O–H groups in total. The second kappa shape index (κ2) is 12.7. The fourth-order valence-corrected chi connectivity index (χ4v) is 2.31. The zero-order chi connectivity index (χ0) is 17.0. The molecule has 5 heteroatoms. The molecule has 0 radical (unpaired) electrons. The molecule has 4 nitrogen and oxygen atoms in total. The zero-order valence-corrected chi connectivity index (χ0v) is 17.3. The summed E-state index contributed by atoms with van der Waals surface area (Å²) in [6.45, 7) is 4.98. The number of halogens is 1. The summed E-state index contributed by atoms with van der Waals surface area (Å²) in [6, 6.07) is 18.8. The Morgan fingerprint density at radius 1 is 0.920 bits per heavy atom. The minimum Gasteiger partial charge on any atom is -0.375 e. The molecular formula is C20H28IN3O. The number of aryl methyl sites for hydroxylation is 1. The lowest BCUT2D eigenvalue weighted by Gasteiger charge is -2.12. The Hall–Kier alpha value is -1.60. The van der Waals surface area contributed by atoms with Crippen molar-refractivity contribution >= 4 is 29.9 Å². The first kappa shape index (κ1) is 21.4. The molecule has 0 spiro atoms. The van der Waals surface area contributed by atoms with Crippen molar-refractivity contribution in [3.8, 4) is 0 Å². The second-order valence-corrected chi connectivity index (χ2v) is 5.70. The van der Waals surface area contributed by atoms with Gasteiger partial charge in [0.2, 0.25) is 0 Å². The van der Waals surface area contributed by atoms with Crippen LogP contribution in [0.2, 0.25) is 0 Å². The molecule has 25 heavy (non-hydrogen) atoms. The van der Waals surface area contributed by atoms with Crippen LogP contribution in [0.1, 0.15) is 16.7 Å². The molecule has 0 bridgehead atoms. The molecule has 0 amide bonds. The third-order valence-corrected chi connectivity index (χ3v) is 3.70. The molecule has 0 fully saturated rings. The van der Waals surface area contributed by atoms with Crippen molar-refractivity contribution in [2.24, 2.45) is 4.99 Å². The van der Waals surface area contributed by atoms with E-state index in [1.165, 1.54) is 16.7 Å². The van der Waals surface area contributed by atoms with Crippen molar-refractivity contribution in [3.05, 3.63) is 71.3 Å². The van der Waals surface area contributed by atoms with E-state index >= 15 is 0 Å². The average Bonchev–Trinajstić information content (AvgIpc) is 2.62. The molecule has 0 unspecified atom stereocenters. The molecule has 0 aromatic heterocycles. The summed E-state index contributed by atoms with van der Waals surface area (Å²) in [5, 5.41) is 6.59. The lowest BCUT2D eigenvalue weighted by molar-refractivity contribution is 0.125. The van der Waals surface area contributed by atoms with E-state index in [1.807, 2.05) is 18.2 Å². The van der Waals surface area contributed by atoms with Crippen LogP contribution in [0.15, 0.2) is 59.6 Å². The summed E-state index contributed by atoms with van der Waals surface area (Å²) in [4.78, 5) is 4.23. The van der Waals surface area contributed by atoms with Gasteiger partial charge in [0.1, 0.15) is 0 Å².